The Bertz CT molecular complexity index is 1180. The lowest BCUT2D eigenvalue weighted by Crippen LogP contribution is -2.56. The first kappa shape index (κ1) is 22.8. The molecule has 2 unspecified atom stereocenters. The molecular formula is C25H27ClN6O2. The number of nitrogens with zero attached hydrogens (tertiary/aromatic N) is 5. The maximum atomic E-state index is 13.6. The summed E-state index contributed by atoms with van der Waals surface area (Å²) < 4.78 is 0. The molecular weight excluding hydrogens is 452 g/mol. The summed E-state index contributed by atoms with van der Waals surface area (Å²) in [5.74, 6) is 0.534. The van der Waals surface area contributed by atoms with Crippen LogP contribution in [0.1, 0.15) is 36.1 Å². The molecule has 1 saturated heterocycles. The third kappa shape index (κ3) is 3.74. The second-order valence-electron chi connectivity index (χ2n) is 9.21. The number of fused-ring (bicyclic) bond motifs is 3. The normalized spacial score (nSPS) is 25.1. The van der Waals surface area contributed by atoms with Gasteiger partial charge in [0.15, 0.2) is 5.82 Å². The van der Waals surface area contributed by atoms with E-state index in [-0.39, 0.29) is 23.7 Å². The van der Waals surface area contributed by atoms with Crippen LogP contribution in [0.25, 0.3) is 0 Å². The van der Waals surface area contributed by atoms with Crippen molar-refractivity contribution in [3.05, 3.63) is 59.0 Å². The zero-order valence-corrected chi connectivity index (χ0v) is 19.6. The molecule has 3 heterocycles. The summed E-state index contributed by atoms with van der Waals surface area (Å²) in [4.78, 5) is 26.6. The minimum Gasteiger partial charge on any atom is -0.375 e. The summed E-state index contributed by atoms with van der Waals surface area (Å²) in [6, 6.07) is 10.1. The average Bonchev–Trinajstić information content (AvgIpc) is 2.84. The Balaban J connectivity index is 1.51. The van der Waals surface area contributed by atoms with Crippen LogP contribution < -0.4 is 10.2 Å². The van der Waals surface area contributed by atoms with E-state index in [1.807, 2.05) is 21.9 Å². The first-order valence-electron chi connectivity index (χ1n) is 11.6. The number of rotatable bonds is 4. The Morgan fingerprint density at radius 2 is 2.21 bits per heavy atom. The van der Waals surface area contributed by atoms with Gasteiger partial charge in [0.1, 0.15) is 11.9 Å². The highest BCUT2D eigenvalue weighted by atomic mass is 35.5. The zero-order valence-electron chi connectivity index (χ0n) is 18.9. The summed E-state index contributed by atoms with van der Waals surface area (Å²) in [6.45, 7) is 5.20. The molecule has 1 fully saturated rings. The molecule has 2 N–H and O–H groups in total. The second kappa shape index (κ2) is 8.99. The maximum Gasteiger partial charge on any atom is 0.235 e. The predicted octanol–water partition coefficient (Wildman–Crippen LogP) is 2.81. The van der Waals surface area contributed by atoms with Gasteiger partial charge in [0, 0.05) is 32.1 Å². The monoisotopic (exact) mass is 478 g/mol. The van der Waals surface area contributed by atoms with Crippen molar-refractivity contribution in [3.8, 4) is 6.07 Å². The highest BCUT2D eigenvalue weighted by molar-refractivity contribution is 6.28. The zero-order chi connectivity index (χ0) is 23.9. The minimum atomic E-state index is -0.825. The van der Waals surface area contributed by atoms with Gasteiger partial charge in [-0.05, 0) is 48.1 Å². The number of amides is 1. The SMILES string of the molecule is C=CC(O)N1CCN(c2nc(Cl)nc3c2NC(=O)C2(CCCc4ccccc42)C3)C[C@@H]1CC#N. The van der Waals surface area contributed by atoms with Crippen LogP contribution in [-0.2, 0) is 23.1 Å². The standard InChI is InChI=1S/C25H27ClN6O2/c1-2-20(33)32-13-12-31(15-17(32)9-11-27)22-21-19(28-24(26)30-22)14-25(23(34)29-21)10-5-7-16-6-3-4-8-18(16)25/h2-4,6,8,17,20,33H,1,5,7,9-10,12-15H2,(H,29,34)/t17-,20?,25?/m0/s1. The number of nitriles is 1. The van der Waals surface area contributed by atoms with Gasteiger partial charge >= 0.3 is 0 Å². The Morgan fingerprint density at radius 3 is 3.00 bits per heavy atom. The van der Waals surface area contributed by atoms with Crippen molar-refractivity contribution >= 4 is 29.0 Å². The highest BCUT2D eigenvalue weighted by Gasteiger charge is 2.48. The van der Waals surface area contributed by atoms with Crippen LogP contribution in [0.15, 0.2) is 36.9 Å². The van der Waals surface area contributed by atoms with Crippen molar-refractivity contribution in [3.63, 3.8) is 0 Å². The van der Waals surface area contributed by atoms with Crippen LogP contribution in [0.3, 0.4) is 0 Å². The fourth-order valence-corrected chi connectivity index (χ4v) is 5.90. The van der Waals surface area contributed by atoms with Crippen LogP contribution in [0.4, 0.5) is 11.5 Å². The molecule has 176 valence electrons. The van der Waals surface area contributed by atoms with Crippen LogP contribution in [-0.4, -0.2) is 57.8 Å². The molecule has 0 bridgehead atoms. The number of carbonyl (C=O) groups is 1. The number of piperazine rings is 1. The highest BCUT2D eigenvalue weighted by Crippen LogP contribution is 2.46. The van der Waals surface area contributed by atoms with Crippen molar-refractivity contribution in [2.75, 3.05) is 29.9 Å². The third-order valence-corrected chi connectivity index (χ3v) is 7.54. The van der Waals surface area contributed by atoms with Gasteiger partial charge in [-0.15, -0.1) is 0 Å². The van der Waals surface area contributed by atoms with Crippen LogP contribution in [0.2, 0.25) is 5.28 Å². The number of aromatic nitrogens is 2. The maximum absolute atomic E-state index is 13.6. The van der Waals surface area contributed by atoms with Gasteiger partial charge in [-0.2, -0.15) is 10.2 Å². The smallest absolute Gasteiger partial charge is 0.235 e. The number of nitrogens with one attached hydrogen (secondary N) is 1. The number of aliphatic hydroxyl groups is 1. The Labute approximate surface area is 203 Å². The number of aliphatic hydroxyl groups excluding tert-OH is 1. The molecule has 1 amide bonds. The van der Waals surface area contributed by atoms with Gasteiger partial charge in [-0.3, -0.25) is 9.69 Å². The van der Waals surface area contributed by atoms with Crippen molar-refractivity contribution in [2.45, 2.75) is 49.8 Å². The van der Waals surface area contributed by atoms with Crippen LogP contribution >= 0.6 is 11.6 Å². The molecule has 3 atom stereocenters. The summed E-state index contributed by atoms with van der Waals surface area (Å²) >= 11 is 6.39. The third-order valence-electron chi connectivity index (χ3n) is 7.37. The average molecular weight is 479 g/mol. The van der Waals surface area contributed by atoms with Crippen molar-refractivity contribution in [1.82, 2.24) is 14.9 Å². The minimum absolute atomic E-state index is 0.0337. The van der Waals surface area contributed by atoms with E-state index in [1.165, 1.54) is 11.6 Å². The van der Waals surface area contributed by atoms with Gasteiger partial charge in [-0.1, -0.05) is 30.8 Å². The number of carbonyl (C=O) groups excluding carboxylic acids is 1. The number of aryl methyl sites for hydroxylation is 1. The van der Waals surface area contributed by atoms with Crippen molar-refractivity contribution in [2.24, 2.45) is 0 Å². The number of benzene rings is 1. The summed E-state index contributed by atoms with van der Waals surface area (Å²) in [5.41, 5.74) is 2.95. The molecule has 1 spiro atoms. The Kier molecular flexibility index (Phi) is 6.02. The lowest BCUT2D eigenvalue weighted by atomic mass is 9.65. The first-order chi connectivity index (χ1) is 16.5. The Hall–Kier alpha value is -2.99. The fraction of sp³-hybridized carbons (Fsp3) is 0.440. The van der Waals surface area contributed by atoms with Gasteiger partial charge in [0.2, 0.25) is 11.2 Å². The van der Waals surface area contributed by atoms with E-state index in [1.54, 1.807) is 0 Å². The predicted molar refractivity (Wildman–Crippen MR) is 130 cm³/mol. The van der Waals surface area contributed by atoms with Gasteiger partial charge in [0.05, 0.1) is 23.6 Å². The molecule has 1 aromatic carbocycles. The number of hydrogen-bond donors (Lipinski definition) is 2. The van der Waals surface area contributed by atoms with E-state index >= 15 is 0 Å². The van der Waals surface area contributed by atoms with Crippen LogP contribution in [0.5, 0.6) is 0 Å². The van der Waals surface area contributed by atoms with Gasteiger partial charge < -0.3 is 15.3 Å². The van der Waals surface area contributed by atoms with E-state index in [0.717, 1.165) is 30.5 Å². The quantitative estimate of drug-likeness (QED) is 0.514. The molecule has 5 rings (SSSR count). The molecule has 0 saturated carbocycles. The molecule has 2 aromatic rings. The number of halogens is 1. The van der Waals surface area contributed by atoms with Crippen molar-refractivity contribution in [1.29, 1.82) is 5.26 Å². The first-order valence-corrected chi connectivity index (χ1v) is 12.0. The van der Waals surface area contributed by atoms with E-state index < -0.39 is 11.6 Å². The second-order valence-corrected chi connectivity index (χ2v) is 9.55. The van der Waals surface area contributed by atoms with E-state index in [0.29, 0.717) is 37.6 Å². The molecule has 2 aliphatic heterocycles. The Morgan fingerprint density at radius 1 is 1.38 bits per heavy atom. The largest absolute Gasteiger partial charge is 0.375 e. The molecule has 1 aliphatic carbocycles. The van der Waals surface area contributed by atoms with E-state index in [9.17, 15) is 15.2 Å². The molecule has 0 radical (unpaired) electrons. The molecule has 34 heavy (non-hydrogen) atoms. The molecule has 1 aromatic heterocycles. The number of anilines is 2. The molecule has 9 heteroatoms. The van der Waals surface area contributed by atoms with E-state index in [2.05, 4.69) is 40.1 Å². The summed E-state index contributed by atoms with van der Waals surface area (Å²) in [5, 5.41) is 22.9. The fourth-order valence-electron chi connectivity index (χ4n) is 5.72. The molecule has 8 nitrogen and oxygen atoms in total. The van der Waals surface area contributed by atoms with Gasteiger partial charge in [0.25, 0.3) is 0 Å². The van der Waals surface area contributed by atoms with E-state index in [4.69, 9.17) is 11.6 Å². The lowest BCUT2D eigenvalue weighted by Gasteiger charge is -2.44. The summed E-state index contributed by atoms with van der Waals surface area (Å²) in [7, 11) is 0. The topological polar surface area (TPSA) is 105 Å². The van der Waals surface area contributed by atoms with Gasteiger partial charge in [-0.25, -0.2) is 4.98 Å². The van der Waals surface area contributed by atoms with Crippen LogP contribution in [0, 0.1) is 11.3 Å². The lowest BCUT2D eigenvalue weighted by molar-refractivity contribution is -0.122. The van der Waals surface area contributed by atoms with Crippen molar-refractivity contribution < 1.29 is 9.90 Å². The molecule has 3 aliphatic rings. The number of hydrogen-bond acceptors (Lipinski definition) is 7. The summed E-state index contributed by atoms with van der Waals surface area (Å²) in [6.07, 6.45) is 4.02.